The van der Waals surface area contributed by atoms with Crippen molar-refractivity contribution in [2.24, 2.45) is 0 Å². The van der Waals surface area contributed by atoms with Gasteiger partial charge in [0.2, 0.25) is 0 Å². The summed E-state index contributed by atoms with van der Waals surface area (Å²) in [5.41, 5.74) is 1.20. The Morgan fingerprint density at radius 3 is 2.60 bits per heavy atom. The molecule has 0 saturated heterocycles. The molecule has 0 radical (unpaired) electrons. The Labute approximate surface area is 123 Å². The second-order valence-corrected chi connectivity index (χ2v) is 6.07. The number of benzene rings is 1. The zero-order valence-electron chi connectivity index (χ0n) is 12.9. The van der Waals surface area contributed by atoms with Crippen LogP contribution < -0.4 is 4.90 Å². The van der Waals surface area contributed by atoms with Gasteiger partial charge < -0.3 is 10.0 Å². The zero-order chi connectivity index (χ0) is 14.2. The van der Waals surface area contributed by atoms with Gasteiger partial charge in [0.15, 0.2) is 0 Å². The molecule has 2 rings (SSSR count). The van der Waals surface area contributed by atoms with Crippen molar-refractivity contribution in [3.63, 3.8) is 0 Å². The fourth-order valence-corrected chi connectivity index (χ4v) is 3.30. The molecular weight excluding hydrogens is 246 g/mol. The molecule has 2 nitrogen and oxygen atoms in total. The normalized spacial score (nSPS) is 16.2. The Morgan fingerprint density at radius 1 is 1.10 bits per heavy atom. The molecule has 0 unspecified atom stereocenters. The van der Waals surface area contributed by atoms with Crippen LogP contribution in [0.1, 0.15) is 64.7 Å². The van der Waals surface area contributed by atoms with Gasteiger partial charge >= 0.3 is 0 Å². The van der Waals surface area contributed by atoms with Crippen molar-refractivity contribution in [2.45, 2.75) is 70.8 Å². The number of phenolic OH excluding ortho intramolecular Hbond substituents is 1. The Kier molecular flexibility index (Phi) is 6.23. The third-order valence-corrected chi connectivity index (χ3v) is 4.43. The molecule has 0 bridgehead atoms. The van der Waals surface area contributed by atoms with Crippen LogP contribution in [0, 0.1) is 0 Å². The quantitative estimate of drug-likeness (QED) is 0.699. The number of anilines is 1. The molecule has 1 aromatic carbocycles. The monoisotopic (exact) mass is 275 g/mol. The fraction of sp³-hybridized carbons (Fsp3) is 0.667. The summed E-state index contributed by atoms with van der Waals surface area (Å²) >= 11 is 0. The second-order valence-electron chi connectivity index (χ2n) is 6.07. The Balaban J connectivity index is 2.02. The molecule has 112 valence electrons. The minimum atomic E-state index is 0.386. The molecule has 1 aromatic rings. The van der Waals surface area contributed by atoms with Gasteiger partial charge in [-0.05, 0) is 31.4 Å². The summed E-state index contributed by atoms with van der Waals surface area (Å²) in [5, 5.41) is 9.74. The molecule has 20 heavy (non-hydrogen) atoms. The minimum absolute atomic E-state index is 0.386. The lowest BCUT2D eigenvalue weighted by Crippen LogP contribution is -2.37. The van der Waals surface area contributed by atoms with Gasteiger partial charge in [0.25, 0.3) is 0 Å². The van der Waals surface area contributed by atoms with Gasteiger partial charge in [0.05, 0.1) is 0 Å². The van der Waals surface area contributed by atoms with Crippen LogP contribution in [0.25, 0.3) is 0 Å². The second kappa shape index (κ2) is 8.18. The molecule has 0 heterocycles. The maximum absolute atomic E-state index is 9.74. The lowest BCUT2D eigenvalue weighted by Gasteiger charge is -2.36. The maximum atomic E-state index is 9.74. The SMILES string of the molecule is CCCCCCN(c1cccc(O)c1)C1CCCCC1. The van der Waals surface area contributed by atoms with Crippen LogP contribution in [0.2, 0.25) is 0 Å². The molecule has 1 fully saturated rings. The minimum Gasteiger partial charge on any atom is -0.508 e. The predicted molar refractivity (Wildman–Crippen MR) is 86.5 cm³/mol. The standard InChI is InChI=1S/C18H29NO/c1-2-3-4-8-14-19(16-10-6-5-7-11-16)17-12-9-13-18(20)15-17/h9,12-13,15-16,20H,2-8,10-11,14H2,1H3. The summed E-state index contributed by atoms with van der Waals surface area (Å²) in [5.74, 6) is 0.386. The molecule has 0 atom stereocenters. The van der Waals surface area contributed by atoms with Crippen molar-refractivity contribution in [3.05, 3.63) is 24.3 Å². The Morgan fingerprint density at radius 2 is 1.90 bits per heavy atom. The number of rotatable bonds is 7. The van der Waals surface area contributed by atoms with Crippen molar-refractivity contribution in [1.29, 1.82) is 0 Å². The van der Waals surface area contributed by atoms with Crippen LogP contribution in [-0.2, 0) is 0 Å². The van der Waals surface area contributed by atoms with Crippen LogP contribution in [0.15, 0.2) is 24.3 Å². The predicted octanol–water partition coefficient (Wildman–Crippen LogP) is 5.11. The lowest BCUT2D eigenvalue weighted by molar-refractivity contribution is 0.409. The molecule has 1 N–H and O–H groups in total. The van der Waals surface area contributed by atoms with Crippen LogP contribution in [0.5, 0.6) is 5.75 Å². The van der Waals surface area contributed by atoms with E-state index in [2.05, 4.69) is 17.9 Å². The summed E-state index contributed by atoms with van der Waals surface area (Å²) in [6.45, 7) is 3.39. The van der Waals surface area contributed by atoms with Crippen LogP contribution >= 0.6 is 0 Å². The van der Waals surface area contributed by atoms with E-state index in [9.17, 15) is 5.11 Å². The topological polar surface area (TPSA) is 23.5 Å². The first-order chi connectivity index (χ1) is 9.81. The molecule has 1 saturated carbocycles. The largest absolute Gasteiger partial charge is 0.508 e. The molecule has 0 spiro atoms. The van der Waals surface area contributed by atoms with Gasteiger partial charge in [0, 0.05) is 24.3 Å². The number of unbranched alkanes of at least 4 members (excludes halogenated alkanes) is 3. The molecule has 0 aliphatic heterocycles. The van der Waals surface area contributed by atoms with Gasteiger partial charge in [-0.1, -0.05) is 51.5 Å². The summed E-state index contributed by atoms with van der Waals surface area (Å²) in [6.07, 6.45) is 11.9. The van der Waals surface area contributed by atoms with Crippen molar-refractivity contribution >= 4 is 5.69 Å². The number of aromatic hydroxyl groups is 1. The van der Waals surface area contributed by atoms with E-state index < -0.39 is 0 Å². The number of phenols is 1. The molecule has 1 aliphatic rings. The highest BCUT2D eigenvalue weighted by molar-refractivity contribution is 5.51. The van der Waals surface area contributed by atoms with Crippen LogP contribution in [0.4, 0.5) is 5.69 Å². The zero-order valence-corrected chi connectivity index (χ0v) is 12.9. The average molecular weight is 275 g/mol. The van der Waals surface area contributed by atoms with Crippen molar-refractivity contribution in [1.82, 2.24) is 0 Å². The number of hydrogen-bond acceptors (Lipinski definition) is 2. The first kappa shape index (κ1) is 15.2. The van der Waals surface area contributed by atoms with E-state index >= 15 is 0 Å². The van der Waals surface area contributed by atoms with E-state index in [0.717, 1.165) is 6.54 Å². The first-order valence-electron chi connectivity index (χ1n) is 8.37. The fourth-order valence-electron chi connectivity index (χ4n) is 3.30. The van der Waals surface area contributed by atoms with E-state index in [4.69, 9.17) is 0 Å². The van der Waals surface area contributed by atoms with E-state index in [-0.39, 0.29) is 0 Å². The molecule has 1 aliphatic carbocycles. The van der Waals surface area contributed by atoms with Crippen molar-refractivity contribution < 1.29 is 5.11 Å². The summed E-state index contributed by atoms with van der Waals surface area (Å²) < 4.78 is 0. The Bertz CT molecular complexity index is 385. The van der Waals surface area contributed by atoms with Crippen LogP contribution in [0.3, 0.4) is 0 Å². The average Bonchev–Trinajstić information content (AvgIpc) is 2.48. The summed E-state index contributed by atoms with van der Waals surface area (Å²) in [7, 11) is 0. The highest BCUT2D eigenvalue weighted by Gasteiger charge is 2.21. The summed E-state index contributed by atoms with van der Waals surface area (Å²) in [4.78, 5) is 2.55. The van der Waals surface area contributed by atoms with E-state index in [1.807, 2.05) is 12.1 Å². The lowest BCUT2D eigenvalue weighted by atomic mass is 9.93. The van der Waals surface area contributed by atoms with E-state index in [1.165, 1.54) is 63.5 Å². The maximum Gasteiger partial charge on any atom is 0.117 e. The van der Waals surface area contributed by atoms with E-state index in [1.54, 1.807) is 6.07 Å². The van der Waals surface area contributed by atoms with Crippen molar-refractivity contribution in [3.8, 4) is 5.75 Å². The van der Waals surface area contributed by atoms with Crippen molar-refractivity contribution in [2.75, 3.05) is 11.4 Å². The van der Waals surface area contributed by atoms with Gasteiger partial charge in [0.1, 0.15) is 5.75 Å². The number of hydrogen-bond donors (Lipinski definition) is 1. The highest BCUT2D eigenvalue weighted by Crippen LogP contribution is 2.29. The van der Waals surface area contributed by atoms with Crippen LogP contribution in [-0.4, -0.2) is 17.7 Å². The molecule has 0 amide bonds. The van der Waals surface area contributed by atoms with E-state index in [0.29, 0.717) is 11.8 Å². The van der Waals surface area contributed by atoms with Gasteiger partial charge in [-0.15, -0.1) is 0 Å². The van der Waals surface area contributed by atoms with Gasteiger partial charge in [-0.3, -0.25) is 0 Å². The third-order valence-electron chi connectivity index (χ3n) is 4.43. The molecule has 0 aromatic heterocycles. The van der Waals surface area contributed by atoms with Gasteiger partial charge in [-0.25, -0.2) is 0 Å². The summed E-state index contributed by atoms with van der Waals surface area (Å²) in [6, 6.07) is 8.47. The first-order valence-corrected chi connectivity index (χ1v) is 8.37. The Hall–Kier alpha value is -1.18. The molecular formula is C18H29NO. The third kappa shape index (κ3) is 4.43. The highest BCUT2D eigenvalue weighted by atomic mass is 16.3. The molecule has 2 heteroatoms. The van der Waals surface area contributed by atoms with Gasteiger partial charge in [-0.2, -0.15) is 0 Å². The smallest absolute Gasteiger partial charge is 0.117 e. The number of nitrogens with zero attached hydrogens (tertiary/aromatic N) is 1.